The van der Waals surface area contributed by atoms with Crippen molar-refractivity contribution in [3.8, 4) is 0 Å². The van der Waals surface area contributed by atoms with Crippen molar-refractivity contribution in [2.24, 2.45) is 10.3 Å². The Kier molecular flexibility index (Phi) is 6.72. The number of oxime groups is 1. The fourth-order valence-corrected chi connectivity index (χ4v) is 2.75. The van der Waals surface area contributed by atoms with Crippen molar-refractivity contribution in [3.05, 3.63) is 57.0 Å². The Morgan fingerprint density at radius 3 is 2.59 bits per heavy atom. The monoisotopic (exact) mass is 389 g/mol. The number of nitrogens with zero attached hydrogens (tertiary/aromatic N) is 3. The molecule has 27 heavy (non-hydrogen) atoms. The number of carbonyl (C=O) groups excluding carboxylic acids is 2. The Morgan fingerprint density at radius 1 is 1.30 bits per heavy atom. The maximum absolute atomic E-state index is 12.3. The number of nitro groups is 1. The third-order valence-corrected chi connectivity index (χ3v) is 3.90. The third kappa shape index (κ3) is 5.71. The van der Waals surface area contributed by atoms with Crippen molar-refractivity contribution in [2.75, 3.05) is 12.4 Å². The third-order valence-electron chi connectivity index (χ3n) is 3.05. The Balaban J connectivity index is 2.06. The SMILES string of the molecule is CO/N=C(/C(=O)N/N=C/c1ccc([N+](=O)[O-])cc1)c1csc(NC(C)=O)c1. The van der Waals surface area contributed by atoms with E-state index < -0.39 is 10.8 Å². The summed E-state index contributed by atoms with van der Waals surface area (Å²) in [5, 5.41) is 22.9. The van der Waals surface area contributed by atoms with Gasteiger partial charge in [0, 0.05) is 30.0 Å². The number of anilines is 1. The van der Waals surface area contributed by atoms with Gasteiger partial charge >= 0.3 is 0 Å². The van der Waals surface area contributed by atoms with Crippen molar-refractivity contribution in [3.63, 3.8) is 0 Å². The molecule has 0 saturated carbocycles. The summed E-state index contributed by atoms with van der Waals surface area (Å²) in [6, 6.07) is 7.24. The Hall–Kier alpha value is -3.60. The maximum atomic E-state index is 12.3. The summed E-state index contributed by atoms with van der Waals surface area (Å²) in [6.07, 6.45) is 1.34. The number of hydrogen-bond acceptors (Lipinski definition) is 8. The van der Waals surface area contributed by atoms with Gasteiger partial charge in [0.15, 0.2) is 5.71 Å². The van der Waals surface area contributed by atoms with Crippen molar-refractivity contribution < 1.29 is 19.3 Å². The number of nitro benzene ring substituents is 1. The molecule has 0 radical (unpaired) electrons. The topological polar surface area (TPSA) is 135 Å². The van der Waals surface area contributed by atoms with E-state index in [9.17, 15) is 19.7 Å². The Labute approximate surface area is 157 Å². The zero-order chi connectivity index (χ0) is 19.8. The van der Waals surface area contributed by atoms with Crippen molar-refractivity contribution in [1.82, 2.24) is 5.43 Å². The zero-order valence-electron chi connectivity index (χ0n) is 14.3. The summed E-state index contributed by atoms with van der Waals surface area (Å²) >= 11 is 1.23. The van der Waals surface area contributed by atoms with Crippen LogP contribution in [0.5, 0.6) is 0 Å². The van der Waals surface area contributed by atoms with Crippen LogP contribution in [0.3, 0.4) is 0 Å². The van der Waals surface area contributed by atoms with E-state index in [0.29, 0.717) is 16.1 Å². The standard InChI is InChI=1S/C16H15N5O5S/c1-10(22)18-14-7-12(9-27-14)15(20-26-2)16(23)19-17-8-11-3-5-13(6-4-11)21(24)25/h3-9H,1-2H3,(H,18,22)(H,19,23)/b17-8+,20-15+. The molecule has 1 aromatic carbocycles. The van der Waals surface area contributed by atoms with Crippen LogP contribution in [0.4, 0.5) is 10.7 Å². The van der Waals surface area contributed by atoms with E-state index in [4.69, 9.17) is 4.84 Å². The zero-order valence-corrected chi connectivity index (χ0v) is 15.1. The number of carbonyl (C=O) groups is 2. The summed E-state index contributed by atoms with van der Waals surface area (Å²) in [6.45, 7) is 1.38. The largest absolute Gasteiger partial charge is 0.398 e. The molecule has 0 fully saturated rings. The normalized spacial score (nSPS) is 11.3. The van der Waals surface area contributed by atoms with Gasteiger partial charge < -0.3 is 10.2 Å². The molecule has 0 atom stereocenters. The first kappa shape index (κ1) is 19.7. The molecule has 2 amide bonds. The highest BCUT2D eigenvalue weighted by Crippen LogP contribution is 2.21. The Bertz CT molecular complexity index is 904. The predicted molar refractivity (Wildman–Crippen MR) is 101 cm³/mol. The molecule has 10 nitrogen and oxygen atoms in total. The van der Waals surface area contributed by atoms with Crippen LogP contribution in [0.1, 0.15) is 18.1 Å². The van der Waals surface area contributed by atoms with E-state index in [1.807, 2.05) is 0 Å². The molecule has 11 heteroatoms. The highest BCUT2D eigenvalue weighted by Gasteiger charge is 2.17. The molecule has 2 N–H and O–H groups in total. The molecule has 1 heterocycles. The van der Waals surface area contributed by atoms with Gasteiger partial charge in [-0.15, -0.1) is 11.3 Å². The minimum absolute atomic E-state index is 0.0220. The molecular formula is C16H15N5O5S. The van der Waals surface area contributed by atoms with Crippen LogP contribution < -0.4 is 10.7 Å². The average molecular weight is 389 g/mol. The first-order chi connectivity index (χ1) is 12.9. The molecule has 1 aromatic heterocycles. The van der Waals surface area contributed by atoms with Crippen molar-refractivity contribution in [2.45, 2.75) is 6.92 Å². The molecule has 0 aliphatic heterocycles. The minimum Gasteiger partial charge on any atom is -0.398 e. The van der Waals surface area contributed by atoms with E-state index in [1.54, 1.807) is 11.4 Å². The lowest BCUT2D eigenvalue weighted by Gasteiger charge is -2.02. The fraction of sp³-hybridized carbons (Fsp3) is 0.125. The number of rotatable bonds is 7. The number of amides is 2. The van der Waals surface area contributed by atoms with Crippen LogP contribution in [0.25, 0.3) is 0 Å². The summed E-state index contributed by atoms with van der Waals surface area (Å²) in [5.41, 5.74) is 3.26. The van der Waals surface area contributed by atoms with E-state index in [0.717, 1.165) is 0 Å². The summed E-state index contributed by atoms with van der Waals surface area (Å²) < 4.78 is 0. The second kappa shape index (κ2) is 9.20. The van der Waals surface area contributed by atoms with Gasteiger partial charge in [-0.05, 0) is 23.8 Å². The molecule has 0 aliphatic carbocycles. The lowest BCUT2D eigenvalue weighted by atomic mass is 10.2. The smallest absolute Gasteiger partial charge is 0.294 e. The Morgan fingerprint density at radius 2 is 2.00 bits per heavy atom. The number of non-ortho nitro benzene ring substituents is 1. The van der Waals surface area contributed by atoms with Gasteiger partial charge in [0.2, 0.25) is 5.91 Å². The van der Waals surface area contributed by atoms with E-state index in [1.165, 1.54) is 55.9 Å². The average Bonchev–Trinajstić information content (AvgIpc) is 3.07. The lowest BCUT2D eigenvalue weighted by molar-refractivity contribution is -0.384. The highest BCUT2D eigenvalue weighted by molar-refractivity contribution is 7.14. The van der Waals surface area contributed by atoms with Crippen LogP contribution in [-0.4, -0.2) is 35.8 Å². The molecule has 2 aromatic rings. The number of hydrazone groups is 1. The second-order valence-corrected chi connectivity index (χ2v) is 5.96. The first-order valence-electron chi connectivity index (χ1n) is 7.46. The van der Waals surface area contributed by atoms with Gasteiger partial charge in [-0.1, -0.05) is 5.16 Å². The number of hydrogen-bond donors (Lipinski definition) is 2. The molecule has 0 unspecified atom stereocenters. The van der Waals surface area contributed by atoms with Crippen LogP contribution in [0.15, 0.2) is 46.0 Å². The summed E-state index contributed by atoms with van der Waals surface area (Å²) in [5.74, 6) is -0.854. The molecular weight excluding hydrogens is 374 g/mol. The van der Waals surface area contributed by atoms with E-state index in [2.05, 4.69) is 21.0 Å². The highest BCUT2D eigenvalue weighted by atomic mass is 32.1. The van der Waals surface area contributed by atoms with Crippen LogP contribution in [0, 0.1) is 10.1 Å². The van der Waals surface area contributed by atoms with Gasteiger partial charge in [0.1, 0.15) is 7.11 Å². The van der Waals surface area contributed by atoms with Crippen LogP contribution in [0.2, 0.25) is 0 Å². The van der Waals surface area contributed by atoms with Gasteiger partial charge in [-0.25, -0.2) is 5.43 Å². The minimum atomic E-state index is -0.623. The maximum Gasteiger partial charge on any atom is 0.294 e. The van der Waals surface area contributed by atoms with Crippen molar-refractivity contribution >= 4 is 45.8 Å². The van der Waals surface area contributed by atoms with Gasteiger partial charge in [-0.3, -0.25) is 19.7 Å². The predicted octanol–water partition coefficient (Wildman–Crippen LogP) is 2.12. The second-order valence-electron chi connectivity index (χ2n) is 5.05. The first-order valence-corrected chi connectivity index (χ1v) is 8.34. The summed E-state index contributed by atoms with van der Waals surface area (Å²) in [7, 11) is 1.30. The molecule has 0 saturated heterocycles. The van der Waals surface area contributed by atoms with Gasteiger partial charge in [0.25, 0.3) is 11.6 Å². The lowest BCUT2D eigenvalue weighted by Crippen LogP contribution is -2.28. The molecule has 0 aliphatic rings. The fourth-order valence-electron chi connectivity index (χ4n) is 1.92. The van der Waals surface area contributed by atoms with Gasteiger partial charge in [-0.2, -0.15) is 5.10 Å². The molecule has 2 rings (SSSR count). The molecule has 0 spiro atoms. The number of thiophene rings is 1. The van der Waals surface area contributed by atoms with Crippen molar-refractivity contribution in [1.29, 1.82) is 0 Å². The number of benzene rings is 1. The molecule has 0 bridgehead atoms. The molecule has 140 valence electrons. The summed E-state index contributed by atoms with van der Waals surface area (Å²) in [4.78, 5) is 38.2. The van der Waals surface area contributed by atoms with Gasteiger partial charge in [0.05, 0.1) is 16.1 Å². The van der Waals surface area contributed by atoms with E-state index in [-0.39, 0.29) is 17.3 Å². The quantitative estimate of drug-likeness (QED) is 0.425. The van der Waals surface area contributed by atoms with Crippen LogP contribution >= 0.6 is 11.3 Å². The van der Waals surface area contributed by atoms with Crippen LogP contribution in [-0.2, 0) is 14.4 Å². The van der Waals surface area contributed by atoms with E-state index >= 15 is 0 Å². The number of nitrogens with one attached hydrogen (secondary N) is 2.